The van der Waals surface area contributed by atoms with Crippen molar-refractivity contribution in [2.45, 2.75) is 44.8 Å². The number of nitrogens with zero attached hydrogens (tertiary/aromatic N) is 1. The summed E-state index contributed by atoms with van der Waals surface area (Å²) in [5, 5.41) is 0. The van der Waals surface area contributed by atoms with E-state index in [0.717, 1.165) is 0 Å². The van der Waals surface area contributed by atoms with Gasteiger partial charge in [-0.15, -0.1) is 0 Å². The van der Waals surface area contributed by atoms with Gasteiger partial charge < -0.3 is 0 Å². The summed E-state index contributed by atoms with van der Waals surface area (Å²) in [7, 11) is 0. The Morgan fingerprint density at radius 1 is 1.00 bits per heavy atom. The smallest absolute Gasteiger partial charge is 0.0337 e. The van der Waals surface area contributed by atoms with Gasteiger partial charge in [-0.2, -0.15) is 12.6 Å². The van der Waals surface area contributed by atoms with Crippen LogP contribution in [0.1, 0.15) is 45.7 Å². The van der Waals surface area contributed by atoms with Crippen LogP contribution in [-0.4, -0.2) is 4.98 Å². The molecule has 0 spiro atoms. The van der Waals surface area contributed by atoms with E-state index >= 15 is 0 Å². The van der Waals surface area contributed by atoms with Gasteiger partial charge in [0.25, 0.3) is 0 Å². The third kappa shape index (κ3) is 2.74. The lowest BCUT2D eigenvalue weighted by Crippen LogP contribution is -2.15. The Morgan fingerprint density at radius 3 is 1.93 bits per heavy atom. The maximum absolute atomic E-state index is 4.55. The van der Waals surface area contributed by atoms with E-state index in [1.54, 1.807) is 0 Å². The largest absolute Gasteiger partial charge is 0.264 e. The van der Waals surface area contributed by atoms with E-state index in [4.69, 9.17) is 0 Å². The van der Waals surface area contributed by atoms with Crippen LogP contribution in [0.5, 0.6) is 0 Å². The number of hydrogen-bond donors (Lipinski definition) is 1. The van der Waals surface area contributed by atoms with Gasteiger partial charge in [-0.05, 0) is 30.4 Å². The minimum Gasteiger partial charge on any atom is -0.264 e. The van der Waals surface area contributed by atoms with Crippen LogP contribution in [0.2, 0.25) is 0 Å². The summed E-state index contributed by atoms with van der Waals surface area (Å²) < 4.78 is -0.117. The molecule has 0 atom stereocenters. The summed E-state index contributed by atoms with van der Waals surface area (Å²) in [4.78, 5) is 4.27. The van der Waals surface area contributed by atoms with Crippen molar-refractivity contribution < 1.29 is 0 Å². The molecule has 0 amide bonds. The molecule has 0 fully saturated rings. The van der Waals surface area contributed by atoms with Gasteiger partial charge in [-0.1, -0.05) is 26.8 Å². The first-order chi connectivity index (χ1) is 6.21. The molecule has 0 N–H and O–H groups in total. The third-order valence-corrected chi connectivity index (χ3v) is 2.57. The van der Waals surface area contributed by atoms with Gasteiger partial charge in [0.15, 0.2) is 0 Å². The van der Waals surface area contributed by atoms with Crippen molar-refractivity contribution in [1.82, 2.24) is 4.98 Å². The molecule has 1 rings (SSSR count). The molecule has 1 nitrogen and oxygen atoms in total. The molecule has 1 aromatic heterocycles. The molecule has 2 heteroatoms. The van der Waals surface area contributed by atoms with Crippen LogP contribution >= 0.6 is 12.6 Å². The summed E-state index contributed by atoms with van der Waals surface area (Å²) in [6.07, 6.45) is 3.82. The molecule has 1 aromatic rings. The van der Waals surface area contributed by atoms with Crippen LogP contribution < -0.4 is 0 Å². The summed E-state index contributed by atoms with van der Waals surface area (Å²) in [6.45, 7) is 10.7. The van der Waals surface area contributed by atoms with Crippen molar-refractivity contribution in [3.05, 3.63) is 29.6 Å². The first-order valence-corrected chi connectivity index (χ1v) is 5.34. The zero-order valence-electron chi connectivity index (χ0n) is 9.63. The molecule has 0 bridgehead atoms. The Labute approximate surface area is 92.4 Å². The molecular weight excluding hydrogens is 190 g/mol. The van der Waals surface area contributed by atoms with Gasteiger partial charge in [-0.3, -0.25) is 4.98 Å². The fourth-order valence-corrected chi connectivity index (χ4v) is 1.31. The van der Waals surface area contributed by atoms with Gasteiger partial charge in [-0.25, -0.2) is 0 Å². The van der Waals surface area contributed by atoms with E-state index in [2.05, 4.69) is 58.3 Å². The monoisotopic (exact) mass is 209 g/mol. The zero-order valence-corrected chi connectivity index (χ0v) is 10.5. The lowest BCUT2D eigenvalue weighted by Gasteiger charge is -2.23. The Kier molecular flexibility index (Phi) is 2.96. The van der Waals surface area contributed by atoms with Crippen molar-refractivity contribution in [1.29, 1.82) is 0 Å². The average molecular weight is 209 g/mol. The predicted octanol–water partition coefficient (Wildman–Crippen LogP) is 3.54. The highest BCUT2D eigenvalue weighted by atomic mass is 32.1. The molecule has 0 unspecified atom stereocenters. The van der Waals surface area contributed by atoms with Crippen molar-refractivity contribution in [2.75, 3.05) is 0 Å². The highest BCUT2D eigenvalue weighted by Gasteiger charge is 2.19. The van der Waals surface area contributed by atoms with Crippen molar-refractivity contribution in [2.24, 2.45) is 0 Å². The summed E-state index contributed by atoms with van der Waals surface area (Å²) in [5.74, 6) is 0. The molecule has 78 valence electrons. The maximum atomic E-state index is 4.55. The maximum Gasteiger partial charge on any atom is 0.0337 e. The van der Waals surface area contributed by atoms with Crippen LogP contribution in [-0.2, 0) is 10.2 Å². The quantitative estimate of drug-likeness (QED) is 0.698. The number of rotatable bonds is 1. The number of aromatic nitrogens is 1. The number of hydrogen-bond acceptors (Lipinski definition) is 2. The Hall–Kier alpha value is -0.500. The second-order valence-corrected chi connectivity index (χ2v) is 6.39. The van der Waals surface area contributed by atoms with E-state index in [-0.39, 0.29) is 10.2 Å². The molecule has 1 heterocycles. The SMILES string of the molecule is CC(C)(C)c1cncc(C(C)(C)S)c1. The Bertz CT molecular complexity index is 289. The van der Waals surface area contributed by atoms with Gasteiger partial charge >= 0.3 is 0 Å². The minimum absolute atomic E-state index is 0.117. The van der Waals surface area contributed by atoms with Crippen molar-refractivity contribution >= 4 is 12.6 Å². The normalized spacial score (nSPS) is 13.0. The molecule has 0 aliphatic heterocycles. The van der Waals surface area contributed by atoms with E-state index in [1.807, 2.05) is 12.4 Å². The van der Waals surface area contributed by atoms with Crippen LogP contribution in [0.15, 0.2) is 18.5 Å². The fraction of sp³-hybridized carbons (Fsp3) is 0.583. The summed E-state index contributed by atoms with van der Waals surface area (Å²) in [5.41, 5.74) is 2.59. The molecule has 0 saturated heterocycles. The van der Waals surface area contributed by atoms with Crippen LogP contribution in [0.25, 0.3) is 0 Å². The lowest BCUT2D eigenvalue weighted by atomic mass is 9.86. The van der Waals surface area contributed by atoms with E-state index in [1.165, 1.54) is 11.1 Å². The van der Waals surface area contributed by atoms with Crippen molar-refractivity contribution in [3.8, 4) is 0 Å². The topological polar surface area (TPSA) is 12.9 Å². The standard InChI is InChI=1S/C12H19NS/c1-11(2,3)9-6-10(8-13-7-9)12(4,5)14/h6-8,14H,1-5H3. The summed E-state index contributed by atoms with van der Waals surface area (Å²) >= 11 is 4.55. The molecule has 0 radical (unpaired) electrons. The van der Waals surface area contributed by atoms with Gasteiger partial charge in [0.1, 0.15) is 0 Å². The zero-order chi connectivity index (χ0) is 11.0. The molecule has 14 heavy (non-hydrogen) atoms. The summed E-state index contributed by atoms with van der Waals surface area (Å²) in [6, 6.07) is 2.19. The minimum atomic E-state index is -0.117. The lowest BCUT2D eigenvalue weighted by molar-refractivity contribution is 0.584. The van der Waals surface area contributed by atoms with E-state index < -0.39 is 0 Å². The van der Waals surface area contributed by atoms with Gasteiger partial charge in [0.2, 0.25) is 0 Å². The Balaban J connectivity index is 3.15. The van der Waals surface area contributed by atoms with Gasteiger partial charge in [0.05, 0.1) is 0 Å². The second kappa shape index (κ2) is 3.58. The molecular formula is C12H19NS. The molecule has 0 aliphatic rings. The highest BCUT2D eigenvalue weighted by molar-refractivity contribution is 7.81. The van der Waals surface area contributed by atoms with Crippen LogP contribution in [0.4, 0.5) is 0 Å². The first kappa shape index (κ1) is 11.6. The highest BCUT2D eigenvalue weighted by Crippen LogP contribution is 2.30. The van der Waals surface area contributed by atoms with Crippen molar-refractivity contribution in [3.63, 3.8) is 0 Å². The van der Waals surface area contributed by atoms with Crippen LogP contribution in [0, 0.1) is 0 Å². The number of pyridine rings is 1. The third-order valence-electron chi connectivity index (χ3n) is 2.31. The predicted molar refractivity (Wildman–Crippen MR) is 64.9 cm³/mol. The number of thiol groups is 1. The fourth-order valence-electron chi connectivity index (χ4n) is 1.18. The molecule has 0 aromatic carbocycles. The second-order valence-electron chi connectivity index (χ2n) is 5.27. The Morgan fingerprint density at radius 2 is 1.50 bits per heavy atom. The van der Waals surface area contributed by atoms with Gasteiger partial charge in [0, 0.05) is 17.1 Å². The van der Waals surface area contributed by atoms with E-state index in [0.29, 0.717) is 0 Å². The first-order valence-electron chi connectivity index (χ1n) is 4.89. The molecule has 0 aliphatic carbocycles. The molecule has 0 saturated carbocycles. The van der Waals surface area contributed by atoms with E-state index in [9.17, 15) is 0 Å². The van der Waals surface area contributed by atoms with Crippen LogP contribution in [0.3, 0.4) is 0 Å². The average Bonchev–Trinajstić information content (AvgIpc) is 2.01.